The Morgan fingerprint density at radius 1 is 1.33 bits per heavy atom. The summed E-state index contributed by atoms with van der Waals surface area (Å²) in [6, 6.07) is 7.70. The highest BCUT2D eigenvalue weighted by Gasteiger charge is 2.20. The van der Waals surface area contributed by atoms with Gasteiger partial charge in [0.05, 0.1) is 18.7 Å². The molecule has 0 saturated carbocycles. The van der Waals surface area contributed by atoms with E-state index in [2.05, 4.69) is 25.2 Å². The van der Waals surface area contributed by atoms with Gasteiger partial charge in [0.2, 0.25) is 0 Å². The van der Waals surface area contributed by atoms with Crippen molar-refractivity contribution in [2.75, 3.05) is 13.7 Å². The summed E-state index contributed by atoms with van der Waals surface area (Å²) in [5.41, 5.74) is 2.69. The maximum Gasteiger partial charge on any atom is 0.251 e. The minimum atomic E-state index is -0.0905. The van der Waals surface area contributed by atoms with E-state index in [1.807, 2.05) is 31.2 Å². The fraction of sp³-hybridized carbons (Fsp3) is 0.316. The minimum absolute atomic E-state index is 0.0272. The Kier molecular flexibility index (Phi) is 4.62. The van der Waals surface area contributed by atoms with Crippen molar-refractivity contribution < 1.29 is 14.3 Å². The lowest BCUT2D eigenvalue weighted by Gasteiger charge is -2.20. The molecule has 1 amide bonds. The zero-order valence-electron chi connectivity index (χ0n) is 14.3. The average Bonchev–Trinajstić information content (AvgIpc) is 2.92. The lowest BCUT2D eigenvalue weighted by Crippen LogP contribution is -2.31. The van der Waals surface area contributed by atoms with Crippen molar-refractivity contribution in [3.05, 3.63) is 50.7 Å². The molecule has 1 aliphatic heterocycles. The zero-order chi connectivity index (χ0) is 17.3. The van der Waals surface area contributed by atoms with Crippen LogP contribution in [0.2, 0.25) is 0 Å². The molecule has 1 aromatic carbocycles. The van der Waals surface area contributed by atoms with E-state index in [-0.39, 0.29) is 18.6 Å². The molecule has 0 bridgehead atoms. The molecule has 0 aliphatic carbocycles. The van der Waals surface area contributed by atoms with Crippen LogP contribution in [0.1, 0.15) is 33.8 Å². The second-order valence-electron chi connectivity index (χ2n) is 5.93. The Morgan fingerprint density at radius 3 is 2.79 bits per heavy atom. The van der Waals surface area contributed by atoms with Crippen molar-refractivity contribution in [2.45, 2.75) is 26.8 Å². The number of hydrogen-bond donors (Lipinski definition) is 1. The summed E-state index contributed by atoms with van der Waals surface area (Å²) in [4.78, 5) is 15.1. The van der Waals surface area contributed by atoms with Gasteiger partial charge in [-0.2, -0.15) is 0 Å². The third kappa shape index (κ3) is 3.31. The maximum atomic E-state index is 12.6. The number of carbonyl (C=O) groups is 1. The maximum absolute atomic E-state index is 12.6. The van der Waals surface area contributed by atoms with Gasteiger partial charge < -0.3 is 14.8 Å². The van der Waals surface area contributed by atoms with Gasteiger partial charge in [0.25, 0.3) is 5.91 Å². The molecular weight excluding hydrogens is 322 g/mol. The van der Waals surface area contributed by atoms with Gasteiger partial charge in [0, 0.05) is 21.4 Å². The number of aryl methyl sites for hydroxylation is 2. The topological polar surface area (TPSA) is 47.6 Å². The molecule has 0 saturated heterocycles. The van der Waals surface area contributed by atoms with Gasteiger partial charge in [-0.3, -0.25) is 4.79 Å². The fourth-order valence-electron chi connectivity index (χ4n) is 2.85. The molecule has 3 rings (SSSR count). The van der Waals surface area contributed by atoms with Crippen molar-refractivity contribution in [3.63, 3.8) is 0 Å². The first kappa shape index (κ1) is 16.6. The van der Waals surface area contributed by atoms with Crippen LogP contribution in [0.4, 0.5) is 0 Å². The summed E-state index contributed by atoms with van der Waals surface area (Å²) in [7, 11) is 1.62. The summed E-state index contributed by atoms with van der Waals surface area (Å²) in [5, 5.41) is 3.07. The summed E-state index contributed by atoms with van der Waals surface area (Å²) in [6.45, 7) is 6.44. The van der Waals surface area contributed by atoms with Crippen LogP contribution in [0.25, 0.3) is 6.08 Å². The number of carbonyl (C=O) groups excluding carboxylic acids is 1. The van der Waals surface area contributed by atoms with E-state index in [9.17, 15) is 4.79 Å². The fourth-order valence-corrected chi connectivity index (χ4v) is 3.87. The number of nitrogens with one attached hydrogen (secondary N) is 1. The largest absolute Gasteiger partial charge is 0.497 e. The standard InChI is InChI=1S/C19H21NO3S/c1-11-7-17(13(3)24-11)12(2)20-19(21)15-8-14-5-6-16(22-4)9-18(14)23-10-15/h5-9,12H,10H2,1-4H3,(H,20,21). The Balaban J connectivity index is 1.75. The summed E-state index contributed by atoms with van der Waals surface area (Å²) in [6.07, 6.45) is 1.88. The molecule has 0 radical (unpaired) electrons. The van der Waals surface area contributed by atoms with Crippen LogP contribution in [0.15, 0.2) is 29.8 Å². The second-order valence-corrected chi connectivity index (χ2v) is 7.39. The third-order valence-corrected chi connectivity index (χ3v) is 5.10. The first-order valence-corrected chi connectivity index (χ1v) is 8.69. The first-order valence-electron chi connectivity index (χ1n) is 7.87. The summed E-state index contributed by atoms with van der Waals surface area (Å²) < 4.78 is 10.9. The SMILES string of the molecule is COc1ccc2c(c1)OCC(C(=O)NC(C)c1cc(C)sc1C)=C2. The van der Waals surface area contributed by atoms with E-state index >= 15 is 0 Å². The van der Waals surface area contributed by atoms with Crippen LogP contribution in [0, 0.1) is 13.8 Å². The predicted molar refractivity (Wildman–Crippen MR) is 96.8 cm³/mol. The van der Waals surface area contributed by atoms with Gasteiger partial charge >= 0.3 is 0 Å². The van der Waals surface area contributed by atoms with Crippen molar-refractivity contribution >= 4 is 23.3 Å². The molecule has 1 unspecified atom stereocenters. The Bertz CT molecular complexity index is 807. The molecule has 1 N–H and O–H groups in total. The lowest BCUT2D eigenvalue weighted by molar-refractivity contribution is -0.118. The van der Waals surface area contributed by atoms with Crippen LogP contribution in [0.3, 0.4) is 0 Å². The van der Waals surface area contributed by atoms with Gasteiger partial charge in [0.15, 0.2) is 0 Å². The second kappa shape index (κ2) is 6.69. The highest BCUT2D eigenvalue weighted by molar-refractivity contribution is 7.12. The average molecular weight is 343 g/mol. The molecule has 24 heavy (non-hydrogen) atoms. The van der Waals surface area contributed by atoms with E-state index < -0.39 is 0 Å². The number of thiophene rings is 1. The van der Waals surface area contributed by atoms with Crippen LogP contribution in [-0.4, -0.2) is 19.6 Å². The summed E-state index contributed by atoms with van der Waals surface area (Å²) in [5.74, 6) is 1.39. The van der Waals surface area contributed by atoms with Gasteiger partial charge in [-0.25, -0.2) is 0 Å². The molecule has 2 heterocycles. The van der Waals surface area contributed by atoms with Crippen molar-refractivity contribution in [3.8, 4) is 11.5 Å². The Labute approximate surface area is 146 Å². The lowest BCUT2D eigenvalue weighted by atomic mass is 10.1. The van der Waals surface area contributed by atoms with Crippen LogP contribution in [0.5, 0.6) is 11.5 Å². The van der Waals surface area contributed by atoms with Gasteiger partial charge in [-0.05, 0) is 50.6 Å². The highest BCUT2D eigenvalue weighted by atomic mass is 32.1. The van der Waals surface area contributed by atoms with E-state index in [0.717, 1.165) is 17.1 Å². The number of methoxy groups -OCH3 is 1. The smallest absolute Gasteiger partial charge is 0.251 e. The third-order valence-electron chi connectivity index (χ3n) is 4.12. The van der Waals surface area contributed by atoms with E-state index in [1.54, 1.807) is 18.4 Å². The predicted octanol–water partition coefficient (Wildman–Crippen LogP) is 4.03. The molecule has 0 spiro atoms. The van der Waals surface area contributed by atoms with Gasteiger partial charge in [0.1, 0.15) is 18.1 Å². The molecule has 5 heteroatoms. The Morgan fingerprint density at radius 2 is 2.12 bits per heavy atom. The van der Waals surface area contributed by atoms with Crippen LogP contribution in [-0.2, 0) is 4.79 Å². The minimum Gasteiger partial charge on any atom is -0.497 e. The molecule has 1 atom stereocenters. The molecule has 126 valence electrons. The van der Waals surface area contributed by atoms with E-state index in [0.29, 0.717) is 5.57 Å². The number of rotatable bonds is 4. The molecular formula is C19H21NO3S. The number of ether oxygens (including phenoxy) is 2. The zero-order valence-corrected chi connectivity index (χ0v) is 15.1. The Hall–Kier alpha value is -2.27. The summed E-state index contributed by atoms with van der Waals surface area (Å²) >= 11 is 1.75. The number of fused-ring (bicyclic) bond motifs is 1. The monoisotopic (exact) mass is 343 g/mol. The molecule has 2 aromatic rings. The van der Waals surface area contributed by atoms with Crippen LogP contribution < -0.4 is 14.8 Å². The normalized spacial score (nSPS) is 14.2. The number of benzene rings is 1. The molecule has 0 fully saturated rings. The van der Waals surface area contributed by atoms with Gasteiger partial charge in [-0.15, -0.1) is 11.3 Å². The first-order chi connectivity index (χ1) is 11.5. The van der Waals surface area contributed by atoms with Crippen molar-refractivity contribution in [1.82, 2.24) is 5.32 Å². The van der Waals surface area contributed by atoms with E-state index in [1.165, 1.54) is 15.3 Å². The molecule has 1 aromatic heterocycles. The number of amides is 1. The van der Waals surface area contributed by atoms with Crippen molar-refractivity contribution in [2.24, 2.45) is 0 Å². The number of hydrogen-bond acceptors (Lipinski definition) is 4. The van der Waals surface area contributed by atoms with E-state index in [4.69, 9.17) is 9.47 Å². The van der Waals surface area contributed by atoms with Crippen LogP contribution >= 0.6 is 11.3 Å². The van der Waals surface area contributed by atoms with Gasteiger partial charge in [-0.1, -0.05) is 0 Å². The van der Waals surface area contributed by atoms with Crippen molar-refractivity contribution in [1.29, 1.82) is 0 Å². The quantitative estimate of drug-likeness (QED) is 0.912. The molecule has 1 aliphatic rings. The molecule has 4 nitrogen and oxygen atoms in total. The highest BCUT2D eigenvalue weighted by Crippen LogP contribution is 2.31.